The number of carbonyl (C=O) groups excluding carboxylic acids is 2. The van der Waals surface area contributed by atoms with Crippen LogP contribution in [-0.2, 0) is 15.2 Å². The number of nitrogens with zero attached hydrogens (tertiary/aromatic N) is 1. The van der Waals surface area contributed by atoms with Gasteiger partial charge in [0.15, 0.2) is 0 Å². The summed E-state index contributed by atoms with van der Waals surface area (Å²) < 4.78 is 45.0. The number of aryl methyl sites for hydroxylation is 1. The van der Waals surface area contributed by atoms with Crippen molar-refractivity contribution in [2.24, 2.45) is 5.92 Å². The van der Waals surface area contributed by atoms with Crippen LogP contribution in [0.2, 0.25) is 0 Å². The number of likely N-dealkylation sites (tertiary alicyclic amines) is 1. The zero-order valence-corrected chi connectivity index (χ0v) is 14.9. The molecule has 0 aromatic carbocycles. The Morgan fingerprint density at radius 2 is 2.08 bits per heavy atom. The summed E-state index contributed by atoms with van der Waals surface area (Å²) in [5.41, 5.74) is -3.19. The van der Waals surface area contributed by atoms with Crippen LogP contribution < -0.4 is 5.32 Å². The van der Waals surface area contributed by atoms with Crippen molar-refractivity contribution in [3.63, 3.8) is 0 Å². The number of alkyl halides is 3. The second kappa shape index (κ2) is 7.30. The molecule has 6 nitrogen and oxygen atoms in total. The van der Waals surface area contributed by atoms with Gasteiger partial charge < -0.3 is 19.7 Å². The van der Waals surface area contributed by atoms with Gasteiger partial charge in [-0.2, -0.15) is 13.2 Å². The van der Waals surface area contributed by atoms with Crippen LogP contribution in [0.4, 0.5) is 13.2 Å². The number of nitrogens with one attached hydrogen (secondary N) is 1. The van der Waals surface area contributed by atoms with Gasteiger partial charge in [-0.3, -0.25) is 9.59 Å². The maximum atomic E-state index is 13.3. The first kappa shape index (κ1) is 20.3. The summed E-state index contributed by atoms with van der Waals surface area (Å²) >= 11 is 0. The van der Waals surface area contributed by atoms with Crippen molar-refractivity contribution in [3.05, 3.63) is 23.7 Å². The van der Waals surface area contributed by atoms with E-state index < -0.39 is 42.3 Å². The number of furan rings is 1. The summed E-state index contributed by atoms with van der Waals surface area (Å²) in [7, 11) is 0. The molecule has 9 heteroatoms. The molecular formula is C17H23F3N2O4. The lowest BCUT2D eigenvalue weighted by molar-refractivity contribution is -0.274. The lowest BCUT2D eigenvalue weighted by atomic mass is 9.95. The van der Waals surface area contributed by atoms with E-state index in [1.54, 1.807) is 4.90 Å². The standard InChI is InChI=1S/C17H23F3N2O4/c1-10(2)22-9-12(8-14(22)23)15(24)21-7-6-16(25,17(18,19)20)13-5-4-11(3)26-13/h4-5,10,12,25H,6-9H2,1-3H3,(H,21,24)/t12-,16-/m1/s1. The minimum absolute atomic E-state index is 0.0327. The van der Waals surface area contributed by atoms with Crippen molar-refractivity contribution in [2.45, 2.75) is 51.4 Å². The van der Waals surface area contributed by atoms with Gasteiger partial charge in [0.1, 0.15) is 11.5 Å². The molecular weight excluding hydrogens is 353 g/mol. The predicted octanol–water partition coefficient (Wildman–Crippen LogP) is 2.10. The Bertz CT molecular complexity index is 671. The average Bonchev–Trinajstić information content (AvgIpc) is 3.12. The average molecular weight is 376 g/mol. The van der Waals surface area contributed by atoms with Gasteiger partial charge in [-0.1, -0.05) is 0 Å². The molecule has 146 valence electrons. The molecule has 1 fully saturated rings. The minimum Gasteiger partial charge on any atom is -0.463 e. The Kier molecular flexibility index (Phi) is 5.70. The van der Waals surface area contributed by atoms with Gasteiger partial charge in [0, 0.05) is 32.0 Å². The van der Waals surface area contributed by atoms with E-state index in [-0.39, 0.29) is 30.7 Å². The minimum atomic E-state index is -4.96. The first-order valence-electron chi connectivity index (χ1n) is 8.39. The molecule has 1 aromatic rings. The Hall–Kier alpha value is -2.03. The molecule has 0 bridgehead atoms. The van der Waals surface area contributed by atoms with Gasteiger partial charge in [-0.05, 0) is 32.9 Å². The van der Waals surface area contributed by atoms with E-state index in [4.69, 9.17) is 4.42 Å². The molecule has 2 heterocycles. The lowest BCUT2D eigenvalue weighted by Crippen LogP contribution is -2.45. The Morgan fingerprint density at radius 3 is 2.54 bits per heavy atom. The number of carbonyl (C=O) groups is 2. The SMILES string of the molecule is Cc1ccc([C@](O)(CCNC(=O)[C@@H]2CC(=O)N(C(C)C)C2)C(F)(F)F)o1. The molecule has 0 unspecified atom stereocenters. The highest BCUT2D eigenvalue weighted by molar-refractivity contribution is 5.89. The van der Waals surface area contributed by atoms with Gasteiger partial charge in [0.25, 0.3) is 0 Å². The molecule has 26 heavy (non-hydrogen) atoms. The molecule has 1 saturated heterocycles. The van der Waals surface area contributed by atoms with E-state index in [0.717, 1.165) is 6.07 Å². The molecule has 0 spiro atoms. The highest BCUT2D eigenvalue weighted by Gasteiger charge is 2.56. The monoisotopic (exact) mass is 376 g/mol. The molecule has 0 saturated carbocycles. The number of hydrogen-bond acceptors (Lipinski definition) is 4. The van der Waals surface area contributed by atoms with Crippen LogP contribution in [0.1, 0.15) is 38.2 Å². The van der Waals surface area contributed by atoms with E-state index in [1.807, 2.05) is 13.8 Å². The molecule has 2 N–H and O–H groups in total. The molecule has 2 atom stereocenters. The van der Waals surface area contributed by atoms with Gasteiger partial charge in [0.2, 0.25) is 17.4 Å². The van der Waals surface area contributed by atoms with Gasteiger partial charge in [0.05, 0.1) is 5.92 Å². The second-order valence-corrected chi connectivity index (χ2v) is 6.85. The largest absolute Gasteiger partial charge is 0.463 e. The second-order valence-electron chi connectivity index (χ2n) is 6.85. The maximum absolute atomic E-state index is 13.3. The summed E-state index contributed by atoms with van der Waals surface area (Å²) in [4.78, 5) is 25.5. The van der Waals surface area contributed by atoms with E-state index >= 15 is 0 Å². The fraction of sp³-hybridized carbons (Fsp3) is 0.647. The highest BCUT2D eigenvalue weighted by atomic mass is 19.4. The number of hydrogen-bond donors (Lipinski definition) is 2. The first-order valence-corrected chi connectivity index (χ1v) is 8.39. The van der Waals surface area contributed by atoms with Crippen molar-refractivity contribution < 1.29 is 32.3 Å². The summed E-state index contributed by atoms with van der Waals surface area (Å²) in [5.74, 6) is -1.63. The fourth-order valence-corrected chi connectivity index (χ4v) is 2.98. The predicted molar refractivity (Wildman–Crippen MR) is 86.0 cm³/mol. The Balaban J connectivity index is 1.98. The maximum Gasteiger partial charge on any atom is 0.424 e. The van der Waals surface area contributed by atoms with E-state index in [0.29, 0.717) is 0 Å². The lowest BCUT2D eigenvalue weighted by Gasteiger charge is -2.28. The quantitative estimate of drug-likeness (QED) is 0.797. The Labute approximate surface area is 149 Å². The highest BCUT2D eigenvalue weighted by Crippen LogP contribution is 2.42. The van der Waals surface area contributed by atoms with Crippen molar-refractivity contribution in [2.75, 3.05) is 13.1 Å². The molecule has 1 aliphatic heterocycles. The first-order chi connectivity index (χ1) is 12.0. The molecule has 2 amide bonds. The third kappa shape index (κ3) is 4.03. The zero-order valence-electron chi connectivity index (χ0n) is 14.9. The number of aliphatic hydroxyl groups is 1. The number of amides is 2. The molecule has 0 aliphatic carbocycles. The van der Waals surface area contributed by atoms with E-state index in [2.05, 4.69) is 5.32 Å². The van der Waals surface area contributed by atoms with E-state index in [1.165, 1.54) is 13.0 Å². The van der Waals surface area contributed by atoms with Gasteiger partial charge in [-0.25, -0.2) is 0 Å². The van der Waals surface area contributed by atoms with Gasteiger partial charge >= 0.3 is 6.18 Å². The van der Waals surface area contributed by atoms with Crippen molar-refractivity contribution in [3.8, 4) is 0 Å². The molecule has 1 aromatic heterocycles. The fourth-order valence-electron chi connectivity index (χ4n) is 2.98. The van der Waals surface area contributed by atoms with Crippen LogP contribution >= 0.6 is 0 Å². The van der Waals surface area contributed by atoms with Crippen LogP contribution in [0.3, 0.4) is 0 Å². The van der Waals surface area contributed by atoms with Crippen molar-refractivity contribution >= 4 is 11.8 Å². The van der Waals surface area contributed by atoms with Crippen molar-refractivity contribution in [1.29, 1.82) is 0 Å². The number of halogens is 3. The van der Waals surface area contributed by atoms with Crippen LogP contribution in [0, 0.1) is 12.8 Å². The summed E-state index contributed by atoms with van der Waals surface area (Å²) in [6, 6.07) is 2.36. The van der Waals surface area contributed by atoms with Crippen LogP contribution in [0.25, 0.3) is 0 Å². The topological polar surface area (TPSA) is 82.8 Å². The van der Waals surface area contributed by atoms with Crippen molar-refractivity contribution in [1.82, 2.24) is 10.2 Å². The summed E-state index contributed by atoms with van der Waals surface area (Å²) in [5, 5.41) is 12.5. The van der Waals surface area contributed by atoms with Crippen LogP contribution in [0.15, 0.2) is 16.5 Å². The van der Waals surface area contributed by atoms with Crippen LogP contribution in [0.5, 0.6) is 0 Å². The van der Waals surface area contributed by atoms with E-state index in [9.17, 15) is 27.9 Å². The Morgan fingerprint density at radius 1 is 1.42 bits per heavy atom. The third-order valence-electron chi connectivity index (χ3n) is 4.56. The number of rotatable bonds is 6. The molecule has 0 radical (unpaired) electrons. The third-order valence-corrected chi connectivity index (χ3v) is 4.56. The van der Waals surface area contributed by atoms with Gasteiger partial charge in [-0.15, -0.1) is 0 Å². The zero-order chi connectivity index (χ0) is 19.7. The summed E-state index contributed by atoms with van der Waals surface area (Å²) in [6.07, 6.45) is -5.71. The molecule has 2 rings (SSSR count). The summed E-state index contributed by atoms with van der Waals surface area (Å²) in [6.45, 7) is 4.96. The van der Waals surface area contributed by atoms with Crippen LogP contribution in [-0.4, -0.2) is 47.1 Å². The molecule has 1 aliphatic rings. The normalized spacial score (nSPS) is 20.5. The smallest absolute Gasteiger partial charge is 0.424 e.